The molecule has 0 saturated heterocycles. The molecule has 0 unspecified atom stereocenters. The molecule has 0 radical (unpaired) electrons. The summed E-state index contributed by atoms with van der Waals surface area (Å²) < 4.78 is 0. The zero-order valence-corrected chi connectivity index (χ0v) is 8.82. The van der Waals surface area contributed by atoms with E-state index < -0.39 is 5.97 Å². The number of hydrogen-bond donors (Lipinski definition) is 1. The Balaban J connectivity index is 1.86. The van der Waals surface area contributed by atoms with Gasteiger partial charge in [0.1, 0.15) is 0 Å². The summed E-state index contributed by atoms with van der Waals surface area (Å²) in [6, 6.07) is 0.345. The van der Waals surface area contributed by atoms with Gasteiger partial charge in [-0.2, -0.15) is 0 Å². The molecule has 0 aromatic rings. The summed E-state index contributed by atoms with van der Waals surface area (Å²) in [4.78, 5) is 24.2. The molecule has 2 aliphatic carbocycles. The lowest BCUT2D eigenvalue weighted by Gasteiger charge is -2.31. The smallest absolute Gasteiger partial charge is 0.305 e. The predicted octanol–water partition coefficient (Wildman–Crippen LogP) is 1.25. The number of carboxylic acid groups (broad SMARTS) is 1. The molecule has 1 amide bonds. The van der Waals surface area contributed by atoms with Crippen LogP contribution in [0.25, 0.3) is 0 Å². The van der Waals surface area contributed by atoms with Crippen molar-refractivity contribution in [1.29, 1.82) is 0 Å². The molecular weight excluding hydrogens is 194 g/mol. The Labute approximate surface area is 89.3 Å². The van der Waals surface area contributed by atoms with E-state index in [2.05, 4.69) is 0 Å². The number of rotatable bonds is 5. The van der Waals surface area contributed by atoms with Crippen molar-refractivity contribution in [2.24, 2.45) is 5.92 Å². The summed E-state index contributed by atoms with van der Waals surface area (Å²) in [7, 11) is 0. The molecule has 4 nitrogen and oxygen atoms in total. The van der Waals surface area contributed by atoms with Gasteiger partial charge in [-0.15, -0.1) is 0 Å². The molecule has 0 aromatic carbocycles. The Hall–Kier alpha value is -1.06. The maximum Gasteiger partial charge on any atom is 0.305 e. The lowest BCUT2D eigenvalue weighted by molar-refractivity contribution is -0.141. The molecule has 0 aromatic heterocycles. The average molecular weight is 211 g/mol. The predicted molar refractivity (Wildman–Crippen MR) is 54.3 cm³/mol. The summed E-state index contributed by atoms with van der Waals surface area (Å²) in [5, 5.41) is 8.62. The van der Waals surface area contributed by atoms with E-state index >= 15 is 0 Å². The number of carbonyl (C=O) groups excluding carboxylic acids is 1. The van der Waals surface area contributed by atoms with Gasteiger partial charge in [0.25, 0.3) is 0 Å². The maximum atomic E-state index is 12.0. The minimum Gasteiger partial charge on any atom is -0.481 e. The average Bonchev–Trinajstić information content (AvgIpc) is 2.84. The van der Waals surface area contributed by atoms with Crippen LogP contribution in [-0.4, -0.2) is 34.5 Å². The Morgan fingerprint density at radius 3 is 2.27 bits per heavy atom. The van der Waals surface area contributed by atoms with Crippen LogP contribution in [0.1, 0.15) is 38.5 Å². The number of carboxylic acids is 1. The van der Waals surface area contributed by atoms with E-state index in [0.29, 0.717) is 12.6 Å². The van der Waals surface area contributed by atoms with Gasteiger partial charge in [-0.1, -0.05) is 6.42 Å². The molecule has 84 valence electrons. The molecule has 1 N–H and O–H groups in total. The molecule has 0 spiro atoms. The van der Waals surface area contributed by atoms with Crippen molar-refractivity contribution in [3.63, 3.8) is 0 Å². The zero-order valence-electron chi connectivity index (χ0n) is 8.82. The van der Waals surface area contributed by atoms with E-state index in [4.69, 9.17) is 5.11 Å². The van der Waals surface area contributed by atoms with Gasteiger partial charge in [-0.3, -0.25) is 9.59 Å². The Morgan fingerprint density at radius 2 is 1.87 bits per heavy atom. The standard InChI is InChI=1S/C11H17NO3/c13-10(14)6-7-12(9-4-5-9)11(15)8-2-1-3-8/h8-9H,1-7H2,(H,13,14). The summed E-state index contributed by atoms with van der Waals surface area (Å²) in [6.45, 7) is 0.398. The number of hydrogen-bond acceptors (Lipinski definition) is 2. The summed E-state index contributed by atoms with van der Waals surface area (Å²) in [6.07, 6.45) is 5.32. The van der Waals surface area contributed by atoms with Crippen molar-refractivity contribution in [3.05, 3.63) is 0 Å². The van der Waals surface area contributed by atoms with Crippen LogP contribution >= 0.6 is 0 Å². The Bertz CT molecular complexity index is 269. The van der Waals surface area contributed by atoms with Crippen LogP contribution in [-0.2, 0) is 9.59 Å². The van der Waals surface area contributed by atoms with Gasteiger partial charge in [0.2, 0.25) is 5.91 Å². The number of nitrogens with zero attached hydrogens (tertiary/aromatic N) is 1. The molecule has 0 aliphatic heterocycles. The highest BCUT2D eigenvalue weighted by molar-refractivity contribution is 5.80. The molecule has 0 bridgehead atoms. The second-order valence-corrected chi connectivity index (χ2v) is 4.53. The van der Waals surface area contributed by atoms with E-state index in [1.54, 1.807) is 4.90 Å². The van der Waals surface area contributed by atoms with Gasteiger partial charge < -0.3 is 10.0 Å². The highest BCUT2D eigenvalue weighted by atomic mass is 16.4. The molecule has 2 saturated carbocycles. The van der Waals surface area contributed by atoms with Crippen LogP contribution in [0, 0.1) is 5.92 Å². The maximum absolute atomic E-state index is 12.0. The molecule has 4 heteroatoms. The lowest BCUT2D eigenvalue weighted by atomic mass is 9.84. The van der Waals surface area contributed by atoms with Gasteiger partial charge in [-0.25, -0.2) is 0 Å². The van der Waals surface area contributed by atoms with E-state index in [9.17, 15) is 9.59 Å². The summed E-state index contributed by atoms with van der Waals surface area (Å²) in [5.41, 5.74) is 0. The van der Waals surface area contributed by atoms with E-state index in [-0.39, 0.29) is 18.2 Å². The van der Waals surface area contributed by atoms with Crippen LogP contribution < -0.4 is 0 Å². The monoisotopic (exact) mass is 211 g/mol. The summed E-state index contributed by atoms with van der Waals surface area (Å²) >= 11 is 0. The van der Waals surface area contributed by atoms with Crippen molar-refractivity contribution in [3.8, 4) is 0 Å². The fraction of sp³-hybridized carbons (Fsp3) is 0.818. The van der Waals surface area contributed by atoms with Gasteiger partial charge >= 0.3 is 5.97 Å². The molecular formula is C11H17NO3. The summed E-state index contributed by atoms with van der Waals surface area (Å²) in [5.74, 6) is -0.425. The fourth-order valence-corrected chi connectivity index (χ4v) is 1.96. The Morgan fingerprint density at radius 1 is 1.20 bits per heavy atom. The highest BCUT2D eigenvalue weighted by Gasteiger charge is 2.37. The second kappa shape index (κ2) is 4.21. The molecule has 2 fully saturated rings. The van der Waals surface area contributed by atoms with Gasteiger partial charge in [0.05, 0.1) is 6.42 Å². The van der Waals surface area contributed by atoms with Crippen LogP contribution in [0.3, 0.4) is 0 Å². The van der Waals surface area contributed by atoms with Gasteiger partial charge in [-0.05, 0) is 25.7 Å². The largest absolute Gasteiger partial charge is 0.481 e. The first-order valence-corrected chi connectivity index (χ1v) is 5.71. The molecule has 0 heterocycles. The number of carbonyl (C=O) groups is 2. The third-order valence-corrected chi connectivity index (χ3v) is 3.29. The fourth-order valence-electron chi connectivity index (χ4n) is 1.96. The van der Waals surface area contributed by atoms with E-state index in [0.717, 1.165) is 32.1 Å². The first kappa shape index (κ1) is 10.5. The van der Waals surface area contributed by atoms with Crippen LogP contribution in [0.15, 0.2) is 0 Å². The SMILES string of the molecule is O=C(O)CCN(C(=O)C1CCC1)C1CC1. The number of amides is 1. The third kappa shape index (κ3) is 2.49. The quantitative estimate of drug-likeness (QED) is 0.744. The zero-order chi connectivity index (χ0) is 10.8. The van der Waals surface area contributed by atoms with Crippen LogP contribution in [0.4, 0.5) is 0 Å². The minimum atomic E-state index is -0.818. The second-order valence-electron chi connectivity index (χ2n) is 4.53. The van der Waals surface area contributed by atoms with Crippen LogP contribution in [0.5, 0.6) is 0 Å². The van der Waals surface area contributed by atoms with Crippen molar-refractivity contribution in [1.82, 2.24) is 4.90 Å². The highest BCUT2D eigenvalue weighted by Crippen LogP contribution is 2.33. The molecule has 2 aliphatic rings. The van der Waals surface area contributed by atoms with Crippen molar-refractivity contribution < 1.29 is 14.7 Å². The first-order chi connectivity index (χ1) is 7.18. The lowest BCUT2D eigenvalue weighted by Crippen LogP contribution is -2.41. The molecule has 0 atom stereocenters. The minimum absolute atomic E-state index is 0.0783. The first-order valence-electron chi connectivity index (χ1n) is 5.71. The normalized spacial score (nSPS) is 20.8. The van der Waals surface area contributed by atoms with E-state index in [1.165, 1.54) is 0 Å². The number of aliphatic carboxylic acids is 1. The Kier molecular flexibility index (Phi) is 2.93. The van der Waals surface area contributed by atoms with E-state index in [1.807, 2.05) is 0 Å². The van der Waals surface area contributed by atoms with Gasteiger partial charge in [0.15, 0.2) is 0 Å². The van der Waals surface area contributed by atoms with Crippen LogP contribution in [0.2, 0.25) is 0 Å². The molecule has 15 heavy (non-hydrogen) atoms. The topological polar surface area (TPSA) is 57.6 Å². The van der Waals surface area contributed by atoms with Crippen molar-refractivity contribution in [2.45, 2.75) is 44.6 Å². The van der Waals surface area contributed by atoms with Crippen molar-refractivity contribution in [2.75, 3.05) is 6.54 Å². The molecule has 2 rings (SSSR count). The van der Waals surface area contributed by atoms with Gasteiger partial charge in [0, 0.05) is 18.5 Å². The van der Waals surface area contributed by atoms with Crippen molar-refractivity contribution >= 4 is 11.9 Å². The third-order valence-electron chi connectivity index (χ3n) is 3.29.